The zero-order valence-electron chi connectivity index (χ0n) is 14.9. The molecule has 1 fully saturated rings. The van der Waals surface area contributed by atoms with Crippen molar-refractivity contribution in [1.29, 1.82) is 0 Å². The molecule has 2 aliphatic rings. The van der Waals surface area contributed by atoms with Gasteiger partial charge in [-0.2, -0.15) is 0 Å². The van der Waals surface area contributed by atoms with E-state index in [1.54, 1.807) is 12.2 Å². The molecule has 0 spiro atoms. The van der Waals surface area contributed by atoms with Crippen LogP contribution in [0.2, 0.25) is 0 Å². The normalized spacial score (nSPS) is 26.0. The van der Waals surface area contributed by atoms with Crippen molar-refractivity contribution in [2.45, 2.75) is 45.3 Å². The molecular formula is C19H22O7. The fraction of sp³-hybridized carbons (Fsp3) is 0.474. The number of ether oxygens (including phenoxy) is 3. The molecule has 3 atom stereocenters. The van der Waals surface area contributed by atoms with Crippen molar-refractivity contribution in [2.75, 3.05) is 6.61 Å². The van der Waals surface area contributed by atoms with Crippen molar-refractivity contribution in [1.82, 2.24) is 0 Å². The average molecular weight is 362 g/mol. The molecular weight excluding hydrogens is 340 g/mol. The lowest BCUT2D eigenvalue weighted by Gasteiger charge is -2.26. The van der Waals surface area contributed by atoms with E-state index in [-0.39, 0.29) is 18.6 Å². The van der Waals surface area contributed by atoms with E-state index in [2.05, 4.69) is 6.58 Å². The Balaban J connectivity index is 2.40. The minimum atomic E-state index is -0.753. The molecule has 7 nitrogen and oxygen atoms in total. The van der Waals surface area contributed by atoms with Crippen LogP contribution in [0.3, 0.4) is 0 Å². The zero-order chi connectivity index (χ0) is 19.3. The number of carbonyl (C=O) groups is 4. The van der Waals surface area contributed by atoms with Gasteiger partial charge in [0.2, 0.25) is 0 Å². The lowest BCUT2D eigenvalue weighted by atomic mass is 9.85. The molecule has 1 heterocycles. The highest BCUT2D eigenvalue weighted by molar-refractivity contribution is 5.91. The summed E-state index contributed by atoms with van der Waals surface area (Å²) in [4.78, 5) is 46.0. The highest BCUT2D eigenvalue weighted by Gasteiger charge is 2.44. The Kier molecular flexibility index (Phi) is 6.49. The fourth-order valence-corrected chi connectivity index (χ4v) is 3.12. The van der Waals surface area contributed by atoms with Crippen LogP contribution < -0.4 is 0 Å². The average Bonchev–Trinajstić information content (AvgIpc) is 2.84. The van der Waals surface area contributed by atoms with E-state index in [4.69, 9.17) is 14.2 Å². The number of fused-ring (bicyclic) bond motifs is 1. The molecule has 0 aromatic heterocycles. The second-order valence-electron chi connectivity index (χ2n) is 6.31. The maximum atomic E-state index is 12.0. The maximum absolute atomic E-state index is 12.0. The van der Waals surface area contributed by atoms with Crippen LogP contribution in [0.15, 0.2) is 35.5 Å². The van der Waals surface area contributed by atoms with Gasteiger partial charge in [-0.25, -0.2) is 4.79 Å². The summed E-state index contributed by atoms with van der Waals surface area (Å²) in [5.74, 6) is -2.13. The Hall–Kier alpha value is -2.70. The van der Waals surface area contributed by atoms with Crippen molar-refractivity contribution in [3.8, 4) is 0 Å². The molecule has 1 aliphatic heterocycles. The number of carbonyl (C=O) groups excluding carboxylic acids is 4. The first-order chi connectivity index (χ1) is 12.3. The lowest BCUT2D eigenvalue weighted by Crippen LogP contribution is -2.33. The lowest BCUT2D eigenvalue weighted by molar-refractivity contribution is -0.149. The van der Waals surface area contributed by atoms with Crippen LogP contribution in [0.1, 0.15) is 33.1 Å². The summed E-state index contributed by atoms with van der Waals surface area (Å²) in [6.45, 7) is 6.40. The summed E-state index contributed by atoms with van der Waals surface area (Å²) in [5.41, 5.74) is 1.41. The van der Waals surface area contributed by atoms with Crippen molar-refractivity contribution in [2.24, 2.45) is 5.92 Å². The second kappa shape index (κ2) is 8.60. The number of rotatable bonds is 4. The molecule has 0 aromatic rings. The van der Waals surface area contributed by atoms with Crippen LogP contribution in [0, 0.1) is 5.92 Å². The van der Waals surface area contributed by atoms with E-state index in [1.165, 1.54) is 13.8 Å². The third-order valence-electron chi connectivity index (χ3n) is 4.30. The third kappa shape index (κ3) is 4.91. The van der Waals surface area contributed by atoms with Gasteiger partial charge < -0.3 is 14.2 Å². The molecule has 0 radical (unpaired) electrons. The Morgan fingerprint density at radius 2 is 2.08 bits per heavy atom. The molecule has 0 amide bonds. The summed E-state index contributed by atoms with van der Waals surface area (Å²) in [6, 6.07) is 0. The van der Waals surface area contributed by atoms with Gasteiger partial charge in [-0.1, -0.05) is 12.7 Å². The van der Waals surface area contributed by atoms with Crippen molar-refractivity contribution < 1.29 is 33.4 Å². The number of hydrogen-bond donors (Lipinski definition) is 0. The number of aldehydes is 1. The highest BCUT2D eigenvalue weighted by atomic mass is 16.6. The Bertz CT molecular complexity index is 686. The molecule has 0 bridgehead atoms. The Morgan fingerprint density at radius 1 is 1.35 bits per heavy atom. The van der Waals surface area contributed by atoms with E-state index in [0.717, 1.165) is 5.57 Å². The minimum Gasteiger partial charge on any atom is -0.461 e. The van der Waals surface area contributed by atoms with Crippen LogP contribution in [0.25, 0.3) is 0 Å². The molecule has 2 rings (SSSR count). The van der Waals surface area contributed by atoms with Gasteiger partial charge in [-0.3, -0.25) is 14.4 Å². The summed E-state index contributed by atoms with van der Waals surface area (Å²) in [7, 11) is 0. The number of hydrogen-bond acceptors (Lipinski definition) is 7. The van der Waals surface area contributed by atoms with Crippen LogP contribution in [0.5, 0.6) is 0 Å². The predicted octanol–water partition coefficient (Wildman–Crippen LogP) is 1.81. The van der Waals surface area contributed by atoms with Crippen molar-refractivity contribution in [3.63, 3.8) is 0 Å². The van der Waals surface area contributed by atoms with E-state index in [9.17, 15) is 19.2 Å². The van der Waals surface area contributed by atoms with Gasteiger partial charge in [0.05, 0.1) is 5.92 Å². The van der Waals surface area contributed by atoms with Crippen LogP contribution in [-0.4, -0.2) is 43.0 Å². The van der Waals surface area contributed by atoms with Crippen LogP contribution >= 0.6 is 0 Å². The van der Waals surface area contributed by atoms with Gasteiger partial charge in [-0.15, -0.1) is 0 Å². The number of allylic oxidation sites excluding steroid dienone is 1. The van der Waals surface area contributed by atoms with E-state index < -0.39 is 36.0 Å². The minimum absolute atomic E-state index is 0.0606. The molecule has 140 valence electrons. The zero-order valence-corrected chi connectivity index (χ0v) is 14.9. The van der Waals surface area contributed by atoms with Gasteiger partial charge in [0.1, 0.15) is 25.1 Å². The fourth-order valence-electron chi connectivity index (χ4n) is 3.12. The molecule has 0 N–H and O–H groups in total. The van der Waals surface area contributed by atoms with Crippen molar-refractivity contribution >= 4 is 24.2 Å². The smallest absolute Gasteiger partial charge is 0.334 e. The topological polar surface area (TPSA) is 96.0 Å². The predicted molar refractivity (Wildman–Crippen MR) is 90.8 cm³/mol. The van der Waals surface area contributed by atoms with Crippen LogP contribution in [-0.2, 0) is 33.4 Å². The first kappa shape index (κ1) is 19.6. The largest absolute Gasteiger partial charge is 0.461 e. The summed E-state index contributed by atoms with van der Waals surface area (Å²) >= 11 is 0. The first-order valence-electron chi connectivity index (χ1n) is 8.36. The molecule has 0 saturated carbocycles. The first-order valence-corrected chi connectivity index (χ1v) is 8.36. The summed E-state index contributed by atoms with van der Waals surface area (Å²) in [6.07, 6.45) is 3.99. The molecule has 1 saturated heterocycles. The quantitative estimate of drug-likeness (QED) is 0.247. The summed E-state index contributed by atoms with van der Waals surface area (Å²) < 4.78 is 15.8. The highest BCUT2D eigenvalue weighted by Crippen LogP contribution is 2.36. The standard InChI is InChI=1S/C19H22O7/c1-11-18-16(25-13(3)22)7-14(9-20)5-4-6-15(10-24-12(2)21)8-17(18)26-19(11)23/h5,8-9,16-18H,1,4,6-7,10H2,2-3H3. The molecule has 3 unspecified atom stereocenters. The monoisotopic (exact) mass is 362 g/mol. The summed E-state index contributed by atoms with van der Waals surface area (Å²) in [5, 5.41) is 0. The van der Waals surface area contributed by atoms with Gasteiger partial charge in [-0.05, 0) is 30.1 Å². The molecule has 1 aliphatic carbocycles. The maximum Gasteiger partial charge on any atom is 0.334 e. The van der Waals surface area contributed by atoms with E-state index >= 15 is 0 Å². The van der Waals surface area contributed by atoms with E-state index in [0.29, 0.717) is 24.7 Å². The van der Waals surface area contributed by atoms with E-state index in [1.807, 2.05) is 0 Å². The van der Waals surface area contributed by atoms with Gasteiger partial charge in [0, 0.05) is 25.8 Å². The van der Waals surface area contributed by atoms with Gasteiger partial charge in [0.25, 0.3) is 0 Å². The SMILES string of the molecule is C=C1C(=O)OC2C=C(COC(C)=O)CCC=C(C=O)CC(OC(C)=O)C12. The molecule has 0 aromatic carbocycles. The Labute approximate surface area is 151 Å². The number of esters is 3. The van der Waals surface area contributed by atoms with Gasteiger partial charge >= 0.3 is 17.9 Å². The van der Waals surface area contributed by atoms with Crippen molar-refractivity contribution in [3.05, 3.63) is 35.5 Å². The molecule has 7 heteroatoms. The third-order valence-corrected chi connectivity index (χ3v) is 4.30. The Morgan fingerprint density at radius 3 is 2.69 bits per heavy atom. The second-order valence-corrected chi connectivity index (χ2v) is 6.31. The van der Waals surface area contributed by atoms with Gasteiger partial charge in [0.15, 0.2) is 0 Å². The molecule has 26 heavy (non-hydrogen) atoms. The van der Waals surface area contributed by atoms with Crippen LogP contribution in [0.4, 0.5) is 0 Å².